The van der Waals surface area contributed by atoms with Gasteiger partial charge in [-0.25, -0.2) is 4.98 Å². The molecule has 3 rings (SSSR count). The number of carbonyl (C=O) groups is 1. The molecule has 0 bridgehead atoms. The largest absolute Gasteiger partial charge is 0.463 e. The molecule has 1 fully saturated rings. The summed E-state index contributed by atoms with van der Waals surface area (Å²) in [6, 6.07) is 3.57. The molecule has 108 valence electrons. The van der Waals surface area contributed by atoms with Crippen LogP contribution in [0.2, 0.25) is 0 Å². The van der Waals surface area contributed by atoms with Crippen LogP contribution in [0.3, 0.4) is 0 Å². The van der Waals surface area contributed by atoms with Crippen LogP contribution in [0.4, 0.5) is 0 Å². The van der Waals surface area contributed by atoms with Crippen molar-refractivity contribution in [3.8, 4) is 11.5 Å². The van der Waals surface area contributed by atoms with Gasteiger partial charge < -0.3 is 9.73 Å². The minimum atomic E-state index is -0.754. The Bertz CT molecular complexity index is 677. The monoisotopic (exact) mass is 285 g/mol. The van der Waals surface area contributed by atoms with E-state index in [1.165, 1.54) is 4.90 Å². The lowest BCUT2D eigenvalue weighted by Crippen LogP contribution is -2.58. The van der Waals surface area contributed by atoms with Gasteiger partial charge in [-0.1, -0.05) is 0 Å². The standard InChI is InChI=1S/C14H15N5O2/c1-14(6-12(20)19(2)13(15)18-14)11-8-16-7-9(17-11)10-4-3-5-21-10/h3-5,7-8H,6H2,1-2H3,(H2,15,18)/t14-/m0/s1. The number of furan rings is 1. The van der Waals surface area contributed by atoms with Crippen molar-refractivity contribution in [2.45, 2.75) is 18.9 Å². The first-order valence-corrected chi connectivity index (χ1v) is 6.49. The molecule has 1 aliphatic rings. The van der Waals surface area contributed by atoms with Gasteiger partial charge >= 0.3 is 0 Å². The first-order valence-electron chi connectivity index (χ1n) is 6.49. The zero-order valence-corrected chi connectivity index (χ0v) is 11.8. The van der Waals surface area contributed by atoms with Gasteiger partial charge in [0.2, 0.25) is 5.91 Å². The molecule has 1 saturated heterocycles. The molecular formula is C14H15N5O2. The molecule has 0 saturated carbocycles. The Balaban J connectivity index is 1.98. The maximum Gasteiger partial charge on any atom is 0.231 e. The molecule has 0 aromatic carbocycles. The van der Waals surface area contributed by atoms with Crippen molar-refractivity contribution < 1.29 is 9.21 Å². The van der Waals surface area contributed by atoms with E-state index in [0.717, 1.165) is 0 Å². The van der Waals surface area contributed by atoms with Crippen molar-refractivity contribution in [2.24, 2.45) is 0 Å². The molecule has 0 radical (unpaired) electrons. The molecule has 0 unspecified atom stereocenters. The number of nitrogens with zero attached hydrogens (tertiary/aromatic N) is 3. The lowest BCUT2D eigenvalue weighted by Gasteiger charge is -2.38. The Morgan fingerprint density at radius 1 is 1.48 bits per heavy atom. The maximum atomic E-state index is 12.0. The summed E-state index contributed by atoms with van der Waals surface area (Å²) in [5.74, 6) is 0.535. The van der Waals surface area contributed by atoms with Crippen molar-refractivity contribution in [3.63, 3.8) is 0 Å². The van der Waals surface area contributed by atoms with Gasteiger partial charge in [0.05, 0.1) is 36.3 Å². The van der Waals surface area contributed by atoms with E-state index in [2.05, 4.69) is 15.3 Å². The van der Waals surface area contributed by atoms with Crippen LogP contribution < -0.4 is 5.32 Å². The molecule has 1 atom stereocenters. The topological polar surface area (TPSA) is 95.1 Å². The van der Waals surface area contributed by atoms with Crippen LogP contribution in [0, 0.1) is 5.41 Å². The average Bonchev–Trinajstić information content (AvgIpc) is 2.99. The fourth-order valence-corrected chi connectivity index (χ4v) is 2.26. The number of hydrogen-bond donors (Lipinski definition) is 2. The number of nitrogens with one attached hydrogen (secondary N) is 2. The highest BCUT2D eigenvalue weighted by molar-refractivity contribution is 5.98. The van der Waals surface area contributed by atoms with Crippen molar-refractivity contribution in [1.29, 1.82) is 5.41 Å². The minimum absolute atomic E-state index is 0.0546. The molecule has 1 amide bonds. The quantitative estimate of drug-likeness (QED) is 0.868. The lowest BCUT2D eigenvalue weighted by molar-refractivity contribution is -0.129. The van der Waals surface area contributed by atoms with Gasteiger partial charge in [-0.15, -0.1) is 0 Å². The van der Waals surface area contributed by atoms with Crippen molar-refractivity contribution in [2.75, 3.05) is 7.05 Å². The third-order valence-electron chi connectivity index (χ3n) is 3.58. The summed E-state index contributed by atoms with van der Waals surface area (Å²) in [5, 5.41) is 10.9. The Kier molecular flexibility index (Phi) is 2.97. The molecule has 1 aliphatic heterocycles. The zero-order valence-electron chi connectivity index (χ0n) is 11.8. The summed E-state index contributed by atoms with van der Waals surface area (Å²) in [6.45, 7) is 1.84. The Hall–Kier alpha value is -2.70. The van der Waals surface area contributed by atoms with E-state index in [9.17, 15) is 4.79 Å². The second-order valence-corrected chi connectivity index (χ2v) is 5.20. The van der Waals surface area contributed by atoms with Crippen molar-refractivity contribution >= 4 is 11.9 Å². The van der Waals surface area contributed by atoms with E-state index < -0.39 is 5.54 Å². The predicted octanol–water partition coefficient (Wildman–Crippen LogP) is 1.34. The van der Waals surface area contributed by atoms with E-state index in [-0.39, 0.29) is 18.3 Å². The SMILES string of the molecule is CN1C(=N)N[C@](C)(c2cncc(-c3ccco3)n2)CC1=O. The van der Waals surface area contributed by atoms with E-state index in [1.807, 2.05) is 6.92 Å². The first-order chi connectivity index (χ1) is 9.99. The van der Waals surface area contributed by atoms with Crippen LogP contribution >= 0.6 is 0 Å². The first kappa shape index (κ1) is 13.3. The molecule has 2 aromatic heterocycles. The van der Waals surface area contributed by atoms with Gasteiger partial charge in [-0.3, -0.25) is 20.1 Å². The molecule has 21 heavy (non-hydrogen) atoms. The number of aromatic nitrogens is 2. The third kappa shape index (κ3) is 2.26. The predicted molar refractivity (Wildman–Crippen MR) is 75.3 cm³/mol. The van der Waals surface area contributed by atoms with Gasteiger partial charge in [0, 0.05) is 7.05 Å². The number of guanidine groups is 1. The number of rotatable bonds is 2. The van der Waals surface area contributed by atoms with Gasteiger partial charge in [0.1, 0.15) is 5.69 Å². The normalized spacial score (nSPS) is 22.3. The number of amides is 1. The highest BCUT2D eigenvalue weighted by Gasteiger charge is 2.39. The molecule has 0 aliphatic carbocycles. The molecule has 0 spiro atoms. The molecule has 7 heteroatoms. The minimum Gasteiger partial charge on any atom is -0.463 e. The van der Waals surface area contributed by atoms with Gasteiger partial charge in [-0.2, -0.15) is 0 Å². The van der Waals surface area contributed by atoms with Gasteiger partial charge in [-0.05, 0) is 19.1 Å². The van der Waals surface area contributed by atoms with Gasteiger partial charge in [0.15, 0.2) is 11.7 Å². The van der Waals surface area contributed by atoms with Crippen LogP contribution in [-0.4, -0.2) is 33.8 Å². The van der Waals surface area contributed by atoms with E-state index in [0.29, 0.717) is 17.1 Å². The van der Waals surface area contributed by atoms with E-state index >= 15 is 0 Å². The Morgan fingerprint density at radius 3 is 2.95 bits per heavy atom. The van der Waals surface area contributed by atoms with E-state index in [4.69, 9.17) is 9.83 Å². The highest BCUT2D eigenvalue weighted by Crippen LogP contribution is 2.28. The molecule has 2 aromatic rings. The van der Waals surface area contributed by atoms with Crippen molar-refractivity contribution in [3.05, 3.63) is 36.5 Å². The van der Waals surface area contributed by atoms with Crippen LogP contribution in [0.5, 0.6) is 0 Å². The van der Waals surface area contributed by atoms with Crippen LogP contribution in [0.15, 0.2) is 35.2 Å². The molecular weight excluding hydrogens is 270 g/mol. The number of hydrogen-bond acceptors (Lipinski definition) is 5. The Labute approximate surface area is 121 Å². The van der Waals surface area contributed by atoms with Gasteiger partial charge in [0.25, 0.3) is 0 Å². The summed E-state index contributed by atoms with van der Waals surface area (Å²) >= 11 is 0. The Morgan fingerprint density at radius 2 is 2.29 bits per heavy atom. The van der Waals surface area contributed by atoms with Crippen LogP contribution in [-0.2, 0) is 10.3 Å². The fourth-order valence-electron chi connectivity index (χ4n) is 2.26. The second kappa shape index (κ2) is 4.69. The summed E-state index contributed by atoms with van der Waals surface area (Å²) in [4.78, 5) is 22.0. The fraction of sp³-hybridized carbons (Fsp3) is 0.286. The van der Waals surface area contributed by atoms with Crippen LogP contribution in [0.1, 0.15) is 19.0 Å². The molecule has 2 N–H and O–H groups in total. The van der Waals surface area contributed by atoms with Crippen molar-refractivity contribution in [1.82, 2.24) is 20.2 Å². The lowest BCUT2D eigenvalue weighted by atomic mass is 9.91. The third-order valence-corrected chi connectivity index (χ3v) is 3.58. The average molecular weight is 285 g/mol. The molecule has 7 nitrogen and oxygen atoms in total. The molecule has 3 heterocycles. The number of carbonyl (C=O) groups excluding carboxylic acids is 1. The summed E-state index contributed by atoms with van der Waals surface area (Å²) < 4.78 is 5.31. The van der Waals surface area contributed by atoms with Crippen LogP contribution in [0.25, 0.3) is 11.5 Å². The summed E-state index contributed by atoms with van der Waals surface area (Å²) in [5.41, 5.74) is 0.442. The van der Waals surface area contributed by atoms with E-state index in [1.54, 1.807) is 37.8 Å². The zero-order chi connectivity index (χ0) is 15.0. The highest BCUT2D eigenvalue weighted by atomic mass is 16.3. The summed E-state index contributed by atoms with van der Waals surface area (Å²) in [7, 11) is 1.57. The smallest absolute Gasteiger partial charge is 0.231 e. The summed E-state index contributed by atoms with van der Waals surface area (Å²) in [6.07, 6.45) is 4.99. The maximum absolute atomic E-state index is 12.0. The second-order valence-electron chi connectivity index (χ2n) is 5.20.